The summed E-state index contributed by atoms with van der Waals surface area (Å²) in [7, 11) is 0. The van der Waals surface area contributed by atoms with Crippen molar-refractivity contribution in [3.63, 3.8) is 0 Å². The van der Waals surface area contributed by atoms with Gasteiger partial charge < -0.3 is 0 Å². The predicted octanol–water partition coefficient (Wildman–Crippen LogP) is 6.40. The fraction of sp³-hybridized carbons (Fsp3) is 0.500. The van der Waals surface area contributed by atoms with E-state index in [1.54, 1.807) is 6.08 Å². The van der Waals surface area contributed by atoms with Crippen molar-refractivity contribution in [1.29, 1.82) is 0 Å². The zero-order valence-electron chi connectivity index (χ0n) is 15.9. The van der Waals surface area contributed by atoms with Gasteiger partial charge in [-0.3, -0.25) is 14.9 Å². The Labute approximate surface area is 158 Å². The molecule has 0 amide bonds. The zero-order valence-corrected chi connectivity index (χ0v) is 15.9. The highest BCUT2D eigenvalue weighted by atomic mass is 16.6. The van der Waals surface area contributed by atoms with Crippen LogP contribution in [-0.4, -0.2) is 11.2 Å². The lowest BCUT2D eigenvalue weighted by Crippen LogP contribution is -1.97. The molecule has 0 bridgehead atoms. The van der Waals surface area contributed by atoms with E-state index in [9.17, 15) is 14.9 Å². The first-order valence-corrected chi connectivity index (χ1v) is 9.50. The highest BCUT2D eigenvalue weighted by Crippen LogP contribution is 2.07. The minimum atomic E-state index is -0.299. The first-order valence-electron chi connectivity index (χ1n) is 9.50. The summed E-state index contributed by atoms with van der Waals surface area (Å²) in [6.07, 6.45) is 27.9. The number of hydrogen-bond acceptors (Lipinski definition) is 3. The fourth-order valence-electron chi connectivity index (χ4n) is 2.17. The highest BCUT2D eigenvalue weighted by Gasteiger charge is 2.06. The van der Waals surface area contributed by atoms with Gasteiger partial charge in [0.05, 0.1) is 11.3 Å². The summed E-state index contributed by atoms with van der Waals surface area (Å²) in [5, 5.41) is 11.1. The van der Waals surface area contributed by atoms with E-state index in [-0.39, 0.29) is 10.6 Å². The molecule has 0 fully saturated rings. The van der Waals surface area contributed by atoms with Crippen LogP contribution in [0, 0.1) is 10.1 Å². The molecule has 0 aromatic heterocycles. The number of rotatable bonds is 16. The van der Waals surface area contributed by atoms with Gasteiger partial charge in [0.1, 0.15) is 0 Å². The highest BCUT2D eigenvalue weighted by molar-refractivity contribution is 5.50. The van der Waals surface area contributed by atoms with Crippen LogP contribution in [0.1, 0.15) is 71.1 Å². The summed E-state index contributed by atoms with van der Waals surface area (Å²) in [5.41, 5.74) is 0.248. The first-order chi connectivity index (χ1) is 12.7. The zero-order chi connectivity index (χ0) is 19.3. The SMILES string of the molecule is CCCCCC=CCC=C(CC=CCC=CCC=CCC[C]=O)[N+](=O)[O-]. The maximum atomic E-state index is 11.1. The van der Waals surface area contributed by atoms with Crippen LogP contribution >= 0.6 is 0 Å². The number of hydrogen-bond donors (Lipinski definition) is 0. The molecule has 0 aromatic rings. The van der Waals surface area contributed by atoms with Crippen molar-refractivity contribution in [3.8, 4) is 0 Å². The minimum absolute atomic E-state index is 0.248. The van der Waals surface area contributed by atoms with Crippen molar-refractivity contribution in [2.75, 3.05) is 0 Å². The van der Waals surface area contributed by atoms with Crippen LogP contribution in [0.15, 0.2) is 60.4 Å². The normalized spacial score (nSPS) is 12.9. The molecule has 0 aliphatic heterocycles. The largest absolute Gasteiger partial charge is 0.291 e. The van der Waals surface area contributed by atoms with Gasteiger partial charge in [-0.1, -0.05) is 68.4 Å². The topological polar surface area (TPSA) is 60.2 Å². The molecule has 0 aromatic carbocycles. The smallest absolute Gasteiger partial charge is 0.246 e. The van der Waals surface area contributed by atoms with E-state index in [2.05, 4.69) is 13.0 Å². The van der Waals surface area contributed by atoms with Crippen molar-refractivity contribution in [1.82, 2.24) is 0 Å². The second kappa shape index (κ2) is 19.1. The summed E-state index contributed by atoms with van der Waals surface area (Å²) in [6.45, 7) is 2.17. The third-order valence-corrected chi connectivity index (χ3v) is 3.65. The Balaban J connectivity index is 4.02. The molecule has 1 radical (unpaired) electrons. The summed E-state index contributed by atoms with van der Waals surface area (Å²) in [5.74, 6) is 0. The molecule has 0 rings (SSSR count). The lowest BCUT2D eigenvalue weighted by atomic mass is 10.2. The third kappa shape index (κ3) is 16.6. The summed E-state index contributed by atoms with van der Waals surface area (Å²) < 4.78 is 0. The summed E-state index contributed by atoms with van der Waals surface area (Å²) in [4.78, 5) is 20.8. The van der Waals surface area contributed by atoms with Crippen LogP contribution < -0.4 is 0 Å². The number of nitrogens with zero attached hydrogens (tertiary/aromatic N) is 1. The van der Waals surface area contributed by atoms with E-state index in [1.165, 1.54) is 19.3 Å². The molecule has 0 saturated carbocycles. The maximum Gasteiger partial charge on any atom is 0.246 e. The maximum absolute atomic E-state index is 11.1. The van der Waals surface area contributed by atoms with Gasteiger partial charge in [0.15, 0.2) is 6.29 Å². The molecular weight excluding hydrogens is 326 g/mol. The van der Waals surface area contributed by atoms with Gasteiger partial charge in [0.2, 0.25) is 5.70 Å². The second-order valence-electron chi connectivity index (χ2n) is 5.93. The van der Waals surface area contributed by atoms with E-state index in [0.29, 0.717) is 19.3 Å². The standard InChI is InChI=1S/C22H32NO3/c1-2-3-4-5-10-13-16-19-22(23(25)26)20-17-14-11-8-6-7-9-12-15-18-21-24/h6,8-10,12-14,17,19H,2-5,7,11,15-16,18,20H2,1H3. The lowest BCUT2D eigenvalue weighted by Gasteiger charge is -1.94. The molecule has 26 heavy (non-hydrogen) atoms. The molecule has 4 heteroatoms. The van der Waals surface area contributed by atoms with Gasteiger partial charge in [0.25, 0.3) is 0 Å². The van der Waals surface area contributed by atoms with Gasteiger partial charge in [0, 0.05) is 6.42 Å². The monoisotopic (exact) mass is 358 g/mol. The molecule has 0 spiro atoms. The van der Waals surface area contributed by atoms with Crippen molar-refractivity contribution in [2.45, 2.75) is 71.1 Å². The summed E-state index contributed by atoms with van der Waals surface area (Å²) >= 11 is 0. The Hall–Kier alpha value is -2.23. The molecule has 0 unspecified atom stereocenters. The van der Waals surface area contributed by atoms with Crippen LogP contribution in [0.2, 0.25) is 0 Å². The van der Waals surface area contributed by atoms with Gasteiger partial charge in [-0.2, -0.15) is 0 Å². The van der Waals surface area contributed by atoms with Gasteiger partial charge in [-0.05, 0) is 44.6 Å². The molecule has 0 saturated heterocycles. The molecule has 0 atom stereocenters. The third-order valence-electron chi connectivity index (χ3n) is 3.65. The van der Waals surface area contributed by atoms with Crippen LogP contribution in [0.4, 0.5) is 0 Å². The Morgan fingerprint density at radius 3 is 2.15 bits per heavy atom. The molecule has 0 aliphatic rings. The Bertz CT molecular complexity index is 513. The Morgan fingerprint density at radius 2 is 1.50 bits per heavy atom. The van der Waals surface area contributed by atoms with Crippen LogP contribution in [0.5, 0.6) is 0 Å². The summed E-state index contributed by atoms with van der Waals surface area (Å²) in [6, 6.07) is 0. The average molecular weight is 359 g/mol. The van der Waals surface area contributed by atoms with Crippen molar-refractivity contribution in [2.24, 2.45) is 0 Å². The molecule has 0 heterocycles. The van der Waals surface area contributed by atoms with E-state index in [1.807, 2.05) is 48.8 Å². The Kier molecular flexibility index (Phi) is 17.5. The van der Waals surface area contributed by atoms with E-state index >= 15 is 0 Å². The average Bonchev–Trinajstić information content (AvgIpc) is 2.63. The number of unbranched alkanes of at least 4 members (excludes halogenated alkanes) is 4. The molecular formula is C22H32NO3. The van der Waals surface area contributed by atoms with Crippen LogP contribution in [0.25, 0.3) is 0 Å². The Morgan fingerprint density at radius 1 is 0.885 bits per heavy atom. The first kappa shape index (κ1) is 23.8. The van der Waals surface area contributed by atoms with Crippen molar-refractivity contribution >= 4 is 6.29 Å². The van der Waals surface area contributed by atoms with Crippen molar-refractivity contribution in [3.05, 3.63) is 70.5 Å². The molecule has 4 nitrogen and oxygen atoms in total. The molecule has 0 aliphatic carbocycles. The minimum Gasteiger partial charge on any atom is -0.291 e. The lowest BCUT2D eigenvalue weighted by molar-refractivity contribution is -0.427. The number of carbonyl (C=O) groups excluding carboxylic acids is 1. The van der Waals surface area contributed by atoms with E-state index < -0.39 is 0 Å². The molecule has 0 N–H and O–H groups in total. The van der Waals surface area contributed by atoms with E-state index in [0.717, 1.165) is 25.7 Å². The van der Waals surface area contributed by atoms with Crippen LogP contribution in [-0.2, 0) is 4.79 Å². The van der Waals surface area contributed by atoms with E-state index in [4.69, 9.17) is 0 Å². The van der Waals surface area contributed by atoms with Gasteiger partial charge >= 0.3 is 0 Å². The number of nitro groups is 1. The predicted molar refractivity (Wildman–Crippen MR) is 109 cm³/mol. The molecule has 143 valence electrons. The quantitative estimate of drug-likeness (QED) is 0.139. The van der Waals surface area contributed by atoms with Gasteiger partial charge in [-0.15, -0.1) is 0 Å². The van der Waals surface area contributed by atoms with Gasteiger partial charge in [-0.25, -0.2) is 0 Å². The van der Waals surface area contributed by atoms with Crippen molar-refractivity contribution < 1.29 is 9.72 Å². The second-order valence-corrected chi connectivity index (χ2v) is 5.93. The number of allylic oxidation sites excluding steroid dienone is 9. The van der Waals surface area contributed by atoms with Crippen LogP contribution in [0.3, 0.4) is 0 Å². The fourth-order valence-corrected chi connectivity index (χ4v) is 2.17.